The van der Waals surface area contributed by atoms with Gasteiger partial charge in [0.15, 0.2) is 5.78 Å². The van der Waals surface area contributed by atoms with Crippen LogP contribution in [-0.4, -0.2) is 28.6 Å². The van der Waals surface area contributed by atoms with Crippen LogP contribution in [0.15, 0.2) is 11.6 Å². The van der Waals surface area contributed by atoms with E-state index in [1.807, 2.05) is 6.92 Å². The topological polar surface area (TPSA) is 71.4 Å². The lowest BCUT2D eigenvalue weighted by atomic mass is 9.46. The molecule has 0 aromatic heterocycles. The minimum absolute atomic E-state index is 0.00538. The van der Waals surface area contributed by atoms with Crippen LogP contribution in [0.3, 0.4) is 0 Å². The first-order valence-electron chi connectivity index (χ1n) is 11.7. The van der Waals surface area contributed by atoms with Gasteiger partial charge in [0, 0.05) is 12.3 Å². The molecular weight excluding hydrogens is 364 g/mol. The van der Waals surface area contributed by atoms with E-state index in [1.165, 1.54) is 5.57 Å². The normalized spacial score (nSPS) is 43.8. The number of hydrogen-bond donors (Lipinski definition) is 1. The van der Waals surface area contributed by atoms with Gasteiger partial charge in [-0.25, -0.2) is 0 Å². The Bertz CT molecular complexity index is 752. The summed E-state index contributed by atoms with van der Waals surface area (Å²) in [6.45, 7) is 6.55. The van der Waals surface area contributed by atoms with Crippen LogP contribution in [0, 0.1) is 34.5 Å². The fourth-order valence-electron chi connectivity index (χ4n) is 7.83. The minimum Gasteiger partial charge on any atom is -0.385 e. The van der Waals surface area contributed by atoms with Gasteiger partial charge in [-0.3, -0.25) is 14.4 Å². The summed E-state index contributed by atoms with van der Waals surface area (Å²) in [7, 11) is 0. The number of carbonyl (C=O) groups excluding carboxylic acids is 3. The predicted molar refractivity (Wildman–Crippen MR) is 111 cm³/mol. The van der Waals surface area contributed by atoms with E-state index in [0.29, 0.717) is 30.6 Å². The second-order valence-electron chi connectivity index (χ2n) is 10.7. The molecule has 0 saturated heterocycles. The number of Topliss-reactive ketones (excluding diaryl/α,β-unsaturated/α-hetero) is 2. The second-order valence-corrected chi connectivity index (χ2v) is 10.7. The molecule has 7 atom stereocenters. The summed E-state index contributed by atoms with van der Waals surface area (Å²) in [4.78, 5) is 37.1. The van der Waals surface area contributed by atoms with Gasteiger partial charge in [0.2, 0.25) is 0 Å². The van der Waals surface area contributed by atoms with Crippen LogP contribution in [0.4, 0.5) is 0 Å². The maximum absolute atomic E-state index is 13.0. The highest BCUT2D eigenvalue weighted by molar-refractivity contribution is 6.00. The molecular formula is C25H36O4. The van der Waals surface area contributed by atoms with Crippen LogP contribution in [0.1, 0.15) is 85.0 Å². The van der Waals surface area contributed by atoms with Gasteiger partial charge >= 0.3 is 0 Å². The van der Waals surface area contributed by atoms with Crippen molar-refractivity contribution in [2.75, 3.05) is 0 Å². The van der Waals surface area contributed by atoms with Gasteiger partial charge in [0.1, 0.15) is 17.7 Å². The van der Waals surface area contributed by atoms with Gasteiger partial charge in [-0.15, -0.1) is 0 Å². The monoisotopic (exact) mass is 400 g/mol. The standard InChI is InChI=1S/C25H36O4/c1-4-5-16(26)13-21(27)20-9-8-18-17-7-6-15-12-22(28)23(29)14-25(15,3)19(17)10-11-24(18,20)2/h12,17-20,23,29H,4-11,13-14H2,1-3H3/t17-,18-,19-,20+,23?,24-,25-/m0/s1. The summed E-state index contributed by atoms with van der Waals surface area (Å²) in [5.74, 6) is 1.73. The molecule has 1 unspecified atom stereocenters. The molecule has 4 nitrogen and oxygen atoms in total. The molecule has 0 amide bonds. The molecule has 0 bridgehead atoms. The van der Waals surface area contributed by atoms with Gasteiger partial charge < -0.3 is 5.11 Å². The molecule has 0 aromatic carbocycles. The van der Waals surface area contributed by atoms with Gasteiger partial charge in [0.25, 0.3) is 0 Å². The summed E-state index contributed by atoms with van der Waals surface area (Å²) >= 11 is 0. The van der Waals surface area contributed by atoms with Crippen molar-refractivity contribution in [1.82, 2.24) is 0 Å². The molecule has 0 heterocycles. The Labute approximate surface area is 174 Å². The van der Waals surface area contributed by atoms with E-state index in [-0.39, 0.29) is 40.5 Å². The SMILES string of the molecule is CCCC(=O)CC(=O)[C@H]1CC[C@H]2[C@@H]3CCC4=CC(=O)C(O)C[C@]4(C)[C@H]3CC[C@]12C. The molecule has 4 aliphatic carbocycles. The lowest BCUT2D eigenvalue weighted by molar-refractivity contribution is -0.136. The molecule has 4 heteroatoms. The minimum atomic E-state index is -0.863. The van der Waals surface area contributed by atoms with Gasteiger partial charge in [-0.1, -0.05) is 26.3 Å². The highest BCUT2D eigenvalue weighted by Gasteiger charge is 2.60. The van der Waals surface area contributed by atoms with Gasteiger partial charge in [-0.05, 0) is 86.0 Å². The Kier molecular flexibility index (Phi) is 5.38. The van der Waals surface area contributed by atoms with Crippen molar-refractivity contribution in [3.63, 3.8) is 0 Å². The van der Waals surface area contributed by atoms with E-state index in [0.717, 1.165) is 44.9 Å². The summed E-state index contributed by atoms with van der Waals surface area (Å²) in [6.07, 6.45) is 8.96. The highest BCUT2D eigenvalue weighted by Crippen LogP contribution is 2.66. The van der Waals surface area contributed by atoms with Crippen molar-refractivity contribution in [1.29, 1.82) is 0 Å². The van der Waals surface area contributed by atoms with E-state index in [2.05, 4.69) is 13.8 Å². The smallest absolute Gasteiger partial charge is 0.184 e. The summed E-state index contributed by atoms with van der Waals surface area (Å²) in [6, 6.07) is 0. The first-order valence-corrected chi connectivity index (χ1v) is 11.7. The Hall–Kier alpha value is -1.29. The van der Waals surface area contributed by atoms with Crippen LogP contribution in [-0.2, 0) is 14.4 Å². The number of allylic oxidation sites excluding steroid dienone is 1. The zero-order chi connectivity index (χ0) is 21.0. The molecule has 4 aliphatic rings. The van der Waals surface area contributed by atoms with E-state index in [4.69, 9.17) is 0 Å². The number of hydrogen-bond acceptors (Lipinski definition) is 4. The van der Waals surface area contributed by atoms with E-state index in [9.17, 15) is 19.5 Å². The fraction of sp³-hybridized carbons (Fsp3) is 0.800. The van der Waals surface area contributed by atoms with Crippen molar-refractivity contribution in [3.8, 4) is 0 Å². The van der Waals surface area contributed by atoms with Crippen LogP contribution in [0.2, 0.25) is 0 Å². The number of ketones is 3. The first kappa shape index (κ1) is 21.0. The Balaban J connectivity index is 1.55. The Morgan fingerprint density at radius 1 is 1.14 bits per heavy atom. The number of rotatable bonds is 5. The maximum Gasteiger partial charge on any atom is 0.184 e. The summed E-state index contributed by atoms with van der Waals surface area (Å²) in [5.41, 5.74) is 1.16. The predicted octanol–water partition coefficient (Wildman–Crippen LogP) is 4.43. The summed E-state index contributed by atoms with van der Waals surface area (Å²) in [5, 5.41) is 10.3. The molecule has 0 spiro atoms. The molecule has 1 N–H and O–H groups in total. The molecule has 3 saturated carbocycles. The average Bonchev–Trinajstić information content (AvgIpc) is 3.00. The van der Waals surface area contributed by atoms with E-state index in [1.54, 1.807) is 6.08 Å². The number of fused-ring (bicyclic) bond motifs is 5. The number of aliphatic hydroxyl groups is 1. The largest absolute Gasteiger partial charge is 0.385 e. The first-order chi connectivity index (χ1) is 13.7. The van der Waals surface area contributed by atoms with Crippen molar-refractivity contribution < 1.29 is 19.5 Å². The van der Waals surface area contributed by atoms with E-state index >= 15 is 0 Å². The Morgan fingerprint density at radius 3 is 2.62 bits per heavy atom. The maximum atomic E-state index is 13.0. The van der Waals surface area contributed by atoms with E-state index < -0.39 is 6.10 Å². The summed E-state index contributed by atoms with van der Waals surface area (Å²) < 4.78 is 0. The van der Waals surface area contributed by atoms with Crippen molar-refractivity contribution >= 4 is 17.3 Å². The van der Waals surface area contributed by atoms with Gasteiger partial charge in [0.05, 0.1) is 6.42 Å². The van der Waals surface area contributed by atoms with Crippen LogP contribution in [0.5, 0.6) is 0 Å². The molecule has 0 aliphatic heterocycles. The molecule has 29 heavy (non-hydrogen) atoms. The fourth-order valence-corrected chi connectivity index (χ4v) is 7.83. The van der Waals surface area contributed by atoms with Crippen molar-refractivity contribution in [2.45, 2.75) is 91.1 Å². The third kappa shape index (κ3) is 3.26. The quantitative estimate of drug-likeness (QED) is 0.693. The van der Waals surface area contributed by atoms with Crippen LogP contribution >= 0.6 is 0 Å². The number of aliphatic hydroxyl groups excluding tert-OH is 1. The molecule has 0 radical (unpaired) electrons. The molecule has 3 fully saturated rings. The van der Waals surface area contributed by atoms with Crippen LogP contribution < -0.4 is 0 Å². The lowest BCUT2D eigenvalue weighted by Gasteiger charge is -2.58. The van der Waals surface area contributed by atoms with Crippen molar-refractivity contribution in [2.24, 2.45) is 34.5 Å². The van der Waals surface area contributed by atoms with Crippen molar-refractivity contribution in [3.05, 3.63) is 11.6 Å². The second kappa shape index (κ2) is 7.44. The zero-order valence-electron chi connectivity index (χ0n) is 18.2. The zero-order valence-corrected chi connectivity index (χ0v) is 18.2. The lowest BCUT2D eigenvalue weighted by Crippen LogP contribution is -2.52. The third-order valence-corrected chi connectivity index (χ3v) is 9.29. The highest BCUT2D eigenvalue weighted by atomic mass is 16.3. The van der Waals surface area contributed by atoms with Crippen LogP contribution in [0.25, 0.3) is 0 Å². The number of carbonyl (C=O) groups is 3. The molecule has 160 valence electrons. The average molecular weight is 401 g/mol. The Morgan fingerprint density at radius 2 is 1.90 bits per heavy atom. The molecule has 4 rings (SSSR count). The third-order valence-electron chi connectivity index (χ3n) is 9.29. The van der Waals surface area contributed by atoms with Gasteiger partial charge in [-0.2, -0.15) is 0 Å². The molecule has 0 aromatic rings.